The zero-order valence-corrected chi connectivity index (χ0v) is 12.3. The van der Waals surface area contributed by atoms with E-state index in [0.717, 1.165) is 13.0 Å². The van der Waals surface area contributed by atoms with Gasteiger partial charge in [-0.25, -0.2) is 0 Å². The van der Waals surface area contributed by atoms with E-state index in [2.05, 4.69) is 17.1 Å². The molecule has 0 fully saturated rings. The average Bonchev–Trinajstić information content (AvgIpc) is 2.33. The first-order chi connectivity index (χ1) is 8.90. The highest BCUT2D eigenvalue weighted by Gasteiger charge is 2.14. The van der Waals surface area contributed by atoms with Crippen molar-refractivity contribution < 1.29 is 4.92 Å². The van der Waals surface area contributed by atoms with Gasteiger partial charge in [-0.1, -0.05) is 11.6 Å². The summed E-state index contributed by atoms with van der Waals surface area (Å²) in [5.41, 5.74) is 0.728. The Hall–Kier alpha value is -1.17. The van der Waals surface area contributed by atoms with Crippen molar-refractivity contribution in [3.05, 3.63) is 38.9 Å². The maximum absolute atomic E-state index is 10.9. The number of benzene rings is 1. The minimum absolute atomic E-state index is 0.108. The van der Waals surface area contributed by atoms with Crippen LogP contribution in [0.2, 0.25) is 5.02 Å². The number of nitro groups is 1. The second-order valence-corrected chi connectivity index (χ2v) is 5.34. The van der Waals surface area contributed by atoms with Gasteiger partial charge in [0.2, 0.25) is 0 Å². The van der Waals surface area contributed by atoms with E-state index < -0.39 is 0 Å². The van der Waals surface area contributed by atoms with Gasteiger partial charge in [0, 0.05) is 29.2 Å². The van der Waals surface area contributed by atoms with Crippen molar-refractivity contribution in [1.82, 2.24) is 10.2 Å². The number of hydrogen-bond acceptors (Lipinski definition) is 4. The van der Waals surface area contributed by atoms with E-state index in [1.165, 1.54) is 6.07 Å². The summed E-state index contributed by atoms with van der Waals surface area (Å²) >= 11 is 5.88. The second-order valence-electron chi connectivity index (χ2n) is 4.90. The van der Waals surface area contributed by atoms with Crippen LogP contribution < -0.4 is 5.32 Å². The van der Waals surface area contributed by atoms with E-state index in [1.807, 2.05) is 14.1 Å². The Labute approximate surface area is 118 Å². The SMILES string of the molecule is CC(CCN(C)C)NCc1cc(Cl)ccc1[N+](=O)[O-]. The van der Waals surface area contributed by atoms with Gasteiger partial charge in [0.05, 0.1) is 4.92 Å². The lowest BCUT2D eigenvalue weighted by molar-refractivity contribution is -0.385. The first-order valence-electron chi connectivity index (χ1n) is 6.21. The molecule has 19 heavy (non-hydrogen) atoms. The van der Waals surface area contributed by atoms with E-state index >= 15 is 0 Å². The van der Waals surface area contributed by atoms with Crippen LogP contribution in [0.3, 0.4) is 0 Å². The largest absolute Gasteiger partial charge is 0.310 e. The molecule has 0 bridgehead atoms. The van der Waals surface area contributed by atoms with Crippen LogP contribution in [0.15, 0.2) is 18.2 Å². The summed E-state index contributed by atoms with van der Waals surface area (Å²) in [4.78, 5) is 12.7. The standard InChI is InChI=1S/C13H20ClN3O2/c1-10(6-7-16(2)3)15-9-11-8-12(14)4-5-13(11)17(18)19/h4-5,8,10,15H,6-7,9H2,1-3H3. The van der Waals surface area contributed by atoms with E-state index in [9.17, 15) is 10.1 Å². The zero-order valence-electron chi connectivity index (χ0n) is 11.5. The number of nitrogens with zero attached hydrogens (tertiary/aromatic N) is 2. The highest BCUT2D eigenvalue weighted by molar-refractivity contribution is 6.30. The molecule has 6 heteroatoms. The molecular weight excluding hydrogens is 266 g/mol. The summed E-state index contributed by atoms with van der Waals surface area (Å²) in [7, 11) is 4.04. The van der Waals surface area contributed by atoms with E-state index in [0.29, 0.717) is 23.2 Å². The van der Waals surface area contributed by atoms with Gasteiger partial charge in [0.25, 0.3) is 5.69 Å². The fourth-order valence-electron chi connectivity index (χ4n) is 1.71. The molecule has 0 aliphatic carbocycles. The molecule has 0 amide bonds. The Balaban J connectivity index is 2.61. The summed E-state index contributed by atoms with van der Waals surface area (Å²) in [6.07, 6.45) is 0.987. The second kappa shape index (κ2) is 7.43. The van der Waals surface area contributed by atoms with Gasteiger partial charge >= 0.3 is 0 Å². The third kappa shape index (κ3) is 5.55. The number of rotatable bonds is 7. The number of halogens is 1. The van der Waals surface area contributed by atoms with Gasteiger partial charge in [0.1, 0.15) is 0 Å². The van der Waals surface area contributed by atoms with Crippen LogP contribution in [-0.2, 0) is 6.54 Å². The molecule has 0 heterocycles. The van der Waals surface area contributed by atoms with Gasteiger partial charge in [0.15, 0.2) is 0 Å². The Kier molecular flexibility index (Phi) is 6.21. The Bertz CT molecular complexity index is 438. The normalized spacial score (nSPS) is 12.7. The molecule has 1 aromatic rings. The van der Waals surface area contributed by atoms with E-state index in [-0.39, 0.29) is 10.6 Å². The topological polar surface area (TPSA) is 58.4 Å². The summed E-state index contributed by atoms with van der Waals surface area (Å²) < 4.78 is 0. The minimum Gasteiger partial charge on any atom is -0.310 e. The lowest BCUT2D eigenvalue weighted by Crippen LogP contribution is -2.29. The Morgan fingerprint density at radius 1 is 1.47 bits per heavy atom. The molecule has 0 spiro atoms. The molecule has 0 saturated carbocycles. The van der Waals surface area contributed by atoms with Crippen LogP contribution in [0, 0.1) is 10.1 Å². The molecule has 0 aromatic heterocycles. The minimum atomic E-state index is -0.377. The van der Waals surface area contributed by atoms with E-state index in [1.54, 1.807) is 12.1 Å². The molecule has 5 nitrogen and oxygen atoms in total. The van der Waals surface area contributed by atoms with Gasteiger partial charge in [-0.05, 0) is 46.1 Å². The molecule has 0 radical (unpaired) electrons. The number of hydrogen-bond donors (Lipinski definition) is 1. The van der Waals surface area contributed by atoms with Crippen molar-refractivity contribution in [3.63, 3.8) is 0 Å². The zero-order chi connectivity index (χ0) is 14.4. The molecule has 0 saturated heterocycles. The predicted molar refractivity (Wildman–Crippen MR) is 77.6 cm³/mol. The van der Waals surface area contributed by atoms with Crippen molar-refractivity contribution in [2.45, 2.75) is 25.9 Å². The Morgan fingerprint density at radius 3 is 2.74 bits per heavy atom. The van der Waals surface area contributed by atoms with Crippen LogP contribution in [0.5, 0.6) is 0 Å². The Morgan fingerprint density at radius 2 is 2.16 bits per heavy atom. The molecule has 1 N–H and O–H groups in total. The molecule has 106 valence electrons. The van der Waals surface area contributed by atoms with Crippen LogP contribution in [0.4, 0.5) is 5.69 Å². The van der Waals surface area contributed by atoms with Crippen LogP contribution in [0.25, 0.3) is 0 Å². The first kappa shape index (κ1) is 15.9. The maximum Gasteiger partial charge on any atom is 0.273 e. The molecule has 1 atom stereocenters. The molecular formula is C13H20ClN3O2. The van der Waals surface area contributed by atoms with Crippen molar-refractivity contribution in [1.29, 1.82) is 0 Å². The van der Waals surface area contributed by atoms with Gasteiger partial charge in [-0.3, -0.25) is 10.1 Å². The fraction of sp³-hybridized carbons (Fsp3) is 0.538. The van der Waals surface area contributed by atoms with Crippen molar-refractivity contribution in [3.8, 4) is 0 Å². The summed E-state index contributed by atoms with van der Waals surface area (Å²) in [6, 6.07) is 4.93. The summed E-state index contributed by atoms with van der Waals surface area (Å²) in [5, 5.41) is 14.7. The van der Waals surface area contributed by atoms with Crippen LogP contribution in [0.1, 0.15) is 18.9 Å². The van der Waals surface area contributed by atoms with Crippen molar-refractivity contribution in [2.75, 3.05) is 20.6 Å². The fourth-order valence-corrected chi connectivity index (χ4v) is 1.91. The first-order valence-corrected chi connectivity index (χ1v) is 6.59. The molecule has 1 rings (SSSR count). The summed E-state index contributed by atoms with van der Waals surface area (Å²) in [5.74, 6) is 0. The molecule has 1 aromatic carbocycles. The van der Waals surface area contributed by atoms with E-state index in [4.69, 9.17) is 11.6 Å². The van der Waals surface area contributed by atoms with Gasteiger partial charge in [-0.15, -0.1) is 0 Å². The quantitative estimate of drug-likeness (QED) is 0.618. The lowest BCUT2D eigenvalue weighted by atomic mass is 10.1. The molecule has 0 aliphatic rings. The highest BCUT2D eigenvalue weighted by Crippen LogP contribution is 2.22. The predicted octanol–water partition coefficient (Wildman–Crippen LogP) is 2.68. The molecule has 0 aliphatic heterocycles. The van der Waals surface area contributed by atoms with Crippen LogP contribution in [-0.4, -0.2) is 36.5 Å². The monoisotopic (exact) mass is 285 g/mol. The maximum atomic E-state index is 10.9. The van der Waals surface area contributed by atoms with Crippen LogP contribution >= 0.6 is 11.6 Å². The third-order valence-electron chi connectivity index (χ3n) is 2.89. The smallest absolute Gasteiger partial charge is 0.273 e. The number of nitro benzene ring substituents is 1. The highest BCUT2D eigenvalue weighted by atomic mass is 35.5. The number of nitrogens with one attached hydrogen (secondary N) is 1. The summed E-state index contributed by atoms with van der Waals surface area (Å²) in [6.45, 7) is 3.50. The molecule has 1 unspecified atom stereocenters. The van der Waals surface area contributed by atoms with Gasteiger partial charge < -0.3 is 10.2 Å². The van der Waals surface area contributed by atoms with Crippen molar-refractivity contribution >= 4 is 17.3 Å². The lowest BCUT2D eigenvalue weighted by Gasteiger charge is -2.16. The van der Waals surface area contributed by atoms with Gasteiger partial charge in [-0.2, -0.15) is 0 Å². The average molecular weight is 286 g/mol. The van der Waals surface area contributed by atoms with Crippen molar-refractivity contribution in [2.24, 2.45) is 0 Å². The third-order valence-corrected chi connectivity index (χ3v) is 3.12.